The lowest BCUT2D eigenvalue weighted by molar-refractivity contribution is 0.189. The Morgan fingerprint density at radius 1 is 1.44 bits per heavy atom. The molecule has 5 heteroatoms. The van der Waals surface area contributed by atoms with Crippen LogP contribution >= 0.6 is 0 Å². The molecule has 1 fully saturated rings. The molecule has 0 saturated carbocycles. The maximum atomic E-state index is 5.07. The highest BCUT2D eigenvalue weighted by atomic mass is 16.5. The van der Waals surface area contributed by atoms with Gasteiger partial charge in [0.15, 0.2) is 0 Å². The lowest BCUT2D eigenvalue weighted by atomic mass is 9.99. The molecule has 5 nitrogen and oxygen atoms in total. The van der Waals surface area contributed by atoms with E-state index in [1.807, 2.05) is 6.92 Å². The SMILES string of the molecule is COCCCn1c(C)nnc1CC1CNC1. The highest BCUT2D eigenvalue weighted by Gasteiger charge is 2.20. The van der Waals surface area contributed by atoms with E-state index in [1.165, 1.54) is 0 Å². The number of ether oxygens (including phenoxy) is 1. The van der Waals surface area contributed by atoms with E-state index < -0.39 is 0 Å². The van der Waals surface area contributed by atoms with Gasteiger partial charge in [-0.25, -0.2) is 0 Å². The molecule has 0 unspecified atom stereocenters. The topological polar surface area (TPSA) is 52.0 Å². The van der Waals surface area contributed by atoms with Crippen LogP contribution in [0.4, 0.5) is 0 Å². The first-order valence-corrected chi connectivity index (χ1v) is 5.89. The molecule has 2 heterocycles. The van der Waals surface area contributed by atoms with Crippen LogP contribution in [-0.2, 0) is 17.7 Å². The van der Waals surface area contributed by atoms with Crippen molar-refractivity contribution in [2.24, 2.45) is 5.92 Å². The van der Waals surface area contributed by atoms with Crippen LogP contribution in [0.5, 0.6) is 0 Å². The number of rotatable bonds is 6. The van der Waals surface area contributed by atoms with Crippen LogP contribution in [0.15, 0.2) is 0 Å². The number of nitrogens with zero attached hydrogens (tertiary/aromatic N) is 3. The lowest BCUT2D eigenvalue weighted by Gasteiger charge is -2.26. The molecule has 1 saturated heterocycles. The van der Waals surface area contributed by atoms with E-state index in [0.29, 0.717) is 0 Å². The highest BCUT2D eigenvalue weighted by molar-refractivity contribution is 4.97. The molecule has 1 aliphatic rings. The van der Waals surface area contributed by atoms with Crippen LogP contribution in [0.2, 0.25) is 0 Å². The smallest absolute Gasteiger partial charge is 0.133 e. The Labute approximate surface area is 96.2 Å². The van der Waals surface area contributed by atoms with E-state index >= 15 is 0 Å². The zero-order valence-corrected chi connectivity index (χ0v) is 10.1. The summed E-state index contributed by atoms with van der Waals surface area (Å²) in [6.07, 6.45) is 2.06. The molecule has 0 aromatic carbocycles. The Kier molecular flexibility index (Phi) is 3.90. The van der Waals surface area contributed by atoms with Crippen molar-refractivity contribution in [1.82, 2.24) is 20.1 Å². The minimum absolute atomic E-state index is 0.741. The summed E-state index contributed by atoms with van der Waals surface area (Å²) in [5.74, 6) is 2.88. The predicted octanol–water partition coefficient (Wildman–Crippen LogP) is 0.385. The lowest BCUT2D eigenvalue weighted by Crippen LogP contribution is -2.43. The molecule has 0 radical (unpaired) electrons. The maximum absolute atomic E-state index is 5.07. The maximum Gasteiger partial charge on any atom is 0.133 e. The summed E-state index contributed by atoms with van der Waals surface area (Å²) < 4.78 is 7.29. The Bertz CT molecular complexity index is 333. The second-order valence-corrected chi connectivity index (χ2v) is 4.39. The van der Waals surface area contributed by atoms with Crippen molar-refractivity contribution in [2.75, 3.05) is 26.8 Å². The Balaban J connectivity index is 1.94. The Hall–Kier alpha value is -0.940. The Morgan fingerprint density at radius 3 is 2.88 bits per heavy atom. The first-order chi connectivity index (χ1) is 7.81. The molecule has 0 spiro atoms. The minimum Gasteiger partial charge on any atom is -0.385 e. The normalized spacial score (nSPS) is 16.4. The van der Waals surface area contributed by atoms with Crippen molar-refractivity contribution in [3.63, 3.8) is 0 Å². The average molecular weight is 224 g/mol. The summed E-state index contributed by atoms with van der Waals surface area (Å²) in [7, 11) is 1.74. The second-order valence-electron chi connectivity index (χ2n) is 4.39. The molecule has 1 N–H and O–H groups in total. The number of hydrogen-bond donors (Lipinski definition) is 1. The van der Waals surface area contributed by atoms with Gasteiger partial charge in [-0.1, -0.05) is 0 Å². The molecule has 0 atom stereocenters. The van der Waals surface area contributed by atoms with E-state index in [2.05, 4.69) is 20.1 Å². The third-order valence-corrected chi connectivity index (χ3v) is 3.08. The van der Waals surface area contributed by atoms with Gasteiger partial charge in [0.05, 0.1) is 0 Å². The van der Waals surface area contributed by atoms with Gasteiger partial charge in [-0.05, 0) is 32.4 Å². The van der Waals surface area contributed by atoms with E-state index in [-0.39, 0.29) is 0 Å². The zero-order valence-electron chi connectivity index (χ0n) is 10.1. The van der Waals surface area contributed by atoms with Crippen LogP contribution in [0.3, 0.4) is 0 Å². The molecule has 16 heavy (non-hydrogen) atoms. The molecule has 1 aromatic rings. The fraction of sp³-hybridized carbons (Fsp3) is 0.818. The molecule has 2 rings (SSSR count). The van der Waals surface area contributed by atoms with Crippen LogP contribution in [0.25, 0.3) is 0 Å². The molecule has 1 aromatic heterocycles. The molecular weight excluding hydrogens is 204 g/mol. The van der Waals surface area contributed by atoms with E-state index in [4.69, 9.17) is 4.74 Å². The molecule has 90 valence electrons. The summed E-state index contributed by atoms with van der Waals surface area (Å²) in [4.78, 5) is 0. The van der Waals surface area contributed by atoms with E-state index in [9.17, 15) is 0 Å². The van der Waals surface area contributed by atoms with Crippen LogP contribution in [-0.4, -0.2) is 41.6 Å². The van der Waals surface area contributed by atoms with Crippen molar-refractivity contribution < 1.29 is 4.74 Å². The molecule has 0 aliphatic carbocycles. The molecular formula is C11H20N4O. The van der Waals surface area contributed by atoms with Crippen molar-refractivity contribution in [1.29, 1.82) is 0 Å². The van der Waals surface area contributed by atoms with Gasteiger partial charge in [0.2, 0.25) is 0 Å². The average Bonchev–Trinajstić information content (AvgIpc) is 2.55. The number of aromatic nitrogens is 3. The van der Waals surface area contributed by atoms with Crippen molar-refractivity contribution in [3.05, 3.63) is 11.6 Å². The first kappa shape index (κ1) is 11.5. The van der Waals surface area contributed by atoms with Gasteiger partial charge in [0.1, 0.15) is 11.6 Å². The van der Waals surface area contributed by atoms with Gasteiger partial charge < -0.3 is 14.6 Å². The van der Waals surface area contributed by atoms with Crippen molar-refractivity contribution in [2.45, 2.75) is 26.3 Å². The largest absolute Gasteiger partial charge is 0.385 e. The van der Waals surface area contributed by atoms with E-state index in [0.717, 1.165) is 56.6 Å². The third-order valence-electron chi connectivity index (χ3n) is 3.08. The van der Waals surface area contributed by atoms with Gasteiger partial charge in [-0.2, -0.15) is 0 Å². The standard InChI is InChI=1S/C11H20N4O/c1-9-13-14-11(6-10-7-12-8-10)15(9)4-3-5-16-2/h10,12H,3-8H2,1-2H3. The van der Waals surface area contributed by atoms with Crippen LogP contribution in [0.1, 0.15) is 18.1 Å². The number of hydrogen-bond acceptors (Lipinski definition) is 4. The fourth-order valence-corrected chi connectivity index (χ4v) is 1.98. The van der Waals surface area contributed by atoms with Gasteiger partial charge >= 0.3 is 0 Å². The number of nitrogens with one attached hydrogen (secondary N) is 1. The van der Waals surface area contributed by atoms with Gasteiger partial charge in [-0.3, -0.25) is 0 Å². The number of methoxy groups -OCH3 is 1. The summed E-state index contributed by atoms with van der Waals surface area (Å²) >= 11 is 0. The molecule has 0 bridgehead atoms. The quantitative estimate of drug-likeness (QED) is 0.710. The minimum atomic E-state index is 0.741. The summed E-state index contributed by atoms with van der Waals surface area (Å²) in [5, 5.41) is 11.7. The second kappa shape index (κ2) is 5.41. The van der Waals surface area contributed by atoms with Crippen molar-refractivity contribution >= 4 is 0 Å². The predicted molar refractivity (Wildman–Crippen MR) is 61.3 cm³/mol. The van der Waals surface area contributed by atoms with Gasteiger partial charge in [0, 0.05) is 26.7 Å². The summed E-state index contributed by atoms with van der Waals surface area (Å²) in [5.41, 5.74) is 0. The molecule has 0 amide bonds. The highest BCUT2D eigenvalue weighted by Crippen LogP contribution is 2.12. The summed E-state index contributed by atoms with van der Waals surface area (Å²) in [6.45, 7) is 6.00. The van der Waals surface area contributed by atoms with Crippen molar-refractivity contribution in [3.8, 4) is 0 Å². The van der Waals surface area contributed by atoms with Crippen LogP contribution < -0.4 is 5.32 Å². The molecule has 1 aliphatic heterocycles. The first-order valence-electron chi connectivity index (χ1n) is 5.89. The van der Waals surface area contributed by atoms with E-state index in [1.54, 1.807) is 7.11 Å². The monoisotopic (exact) mass is 224 g/mol. The third kappa shape index (κ3) is 2.59. The van der Waals surface area contributed by atoms with Crippen LogP contribution in [0, 0.1) is 12.8 Å². The Morgan fingerprint density at radius 2 is 2.25 bits per heavy atom. The number of aryl methyl sites for hydroxylation is 1. The zero-order chi connectivity index (χ0) is 11.4. The summed E-state index contributed by atoms with van der Waals surface area (Å²) in [6, 6.07) is 0. The fourth-order valence-electron chi connectivity index (χ4n) is 1.98. The van der Waals surface area contributed by atoms with Gasteiger partial charge in [0.25, 0.3) is 0 Å². The van der Waals surface area contributed by atoms with Gasteiger partial charge in [-0.15, -0.1) is 10.2 Å².